The molecule has 1 saturated heterocycles. The average molecular weight is 368 g/mol. The summed E-state index contributed by atoms with van der Waals surface area (Å²) in [7, 11) is 0. The second-order valence-electron chi connectivity index (χ2n) is 6.56. The highest BCUT2D eigenvalue weighted by atomic mass is 19.4. The molecule has 1 aliphatic heterocycles. The fourth-order valence-corrected chi connectivity index (χ4v) is 3.01. The van der Waals surface area contributed by atoms with Crippen LogP contribution in [0.1, 0.15) is 31.2 Å². The zero-order valence-corrected chi connectivity index (χ0v) is 14.8. The molecule has 0 spiro atoms. The van der Waals surface area contributed by atoms with Crippen molar-refractivity contribution in [3.05, 3.63) is 35.7 Å². The zero-order chi connectivity index (χ0) is 18.6. The molecule has 0 amide bonds. The minimum atomic E-state index is -4.39. The summed E-state index contributed by atoms with van der Waals surface area (Å²) in [5, 5.41) is 3.84. The van der Waals surface area contributed by atoms with E-state index in [-0.39, 0.29) is 5.82 Å². The average Bonchev–Trinajstić information content (AvgIpc) is 3.09. The number of halogens is 3. The first-order valence-corrected chi connectivity index (χ1v) is 8.90. The van der Waals surface area contributed by atoms with Gasteiger partial charge in [-0.15, -0.1) is 0 Å². The van der Waals surface area contributed by atoms with Crippen molar-refractivity contribution < 1.29 is 17.7 Å². The van der Waals surface area contributed by atoms with Gasteiger partial charge in [0.1, 0.15) is 0 Å². The molecule has 0 radical (unpaired) electrons. The Bertz CT molecular complexity index is 708. The first-order valence-electron chi connectivity index (χ1n) is 8.90. The van der Waals surface area contributed by atoms with Crippen LogP contribution >= 0.6 is 0 Å². The first-order chi connectivity index (χ1) is 12.5. The lowest BCUT2D eigenvalue weighted by Gasteiger charge is -2.33. The van der Waals surface area contributed by atoms with E-state index in [0.717, 1.165) is 44.9 Å². The first kappa shape index (κ1) is 18.8. The summed E-state index contributed by atoms with van der Waals surface area (Å²) in [5.74, 6) is 0.618. The second kappa shape index (κ2) is 8.18. The minimum Gasteiger partial charge on any atom is -0.338 e. The molecule has 1 fully saturated rings. The fraction of sp³-hybridized carbons (Fsp3) is 0.556. The molecule has 0 bridgehead atoms. The van der Waals surface area contributed by atoms with Crippen LogP contribution in [0.3, 0.4) is 0 Å². The van der Waals surface area contributed by atoms with Gasteiger partial charge < -0.3 is 9.42 Å². The van der Waals surface area contributed by atoms with Crippen molar-refractivity contribution in [1.82, 2.24) is 19.9 Å². The number of nitrogens with zero attached hydrogens (tertiary/aromatic N) is 4. The van der Waals surface area contributed by atoms with Crippen molar-refractivity contribution in [2.24, 2.45) is 0 Å². The van der Waals surface area contributed by atoms with Crippen LogP contribution < -0.4 is 0 Å². The van der Waals surface area contributed by atoms with E-state index in [4.69, 9.17) is 4.52 Å². The van der Waals surface area contributed by atoms with E-state index in [1.165, 1.54) is 18.9 Å². The van der Waals surface area contributed by atoms with E-state index in [1.54, 1.807) is 6.07 Å². The standard InChI is InChI=1S/C18H23F3N4O/c1-2-3-7-24-8-10-25(11-9-24)13-16-22-17(23-26-16)14-5-4-6-15(12-14)18(19,20)21/h4-6,12H,2-3,7-11,13H2,1H3. The SMILES string of the molecule is CCCCN1CCN(Cc2nc(-c3cccc(C(F)(F)F)c3)no2)CC1. The number of aromatic nitrogens is 2. The lowest BCUT2D eigenvalue weighted by Crippen LogP contribution is -2.46. The minimum absolute atomic E-state index is 0.188. The smallest absolute Gasteiger partial charge is 0.338 e. The van der Waals surface area contributed by atoms with Crippen LogP contribution in [-0.4, -0.2) is 52.7 Å². The van der Waals surface area contributed by atoms with Gasteiger partial charge in [-0.1, -0.05) is 30.6 Å². The summed E-state index contributed by atoms with van der Waals surface area (Å²) in [6, 6.07) is 4.98. The van der Waals surface area contributed by atoms with Crippen LogP contribution in [-0.2, 0) is 12.7 Å². The molecule has 2 aromatic rings. The largest absolute Gasteiger partial charge is 0.416 e. The molecule has 1 aliphatic rings. The molecule has 1 aromatic carbocycles. The van der Waals surface area contributed by atoms with Crippen LogP contribution in [0.15, 0.2) is 28.8 Å². The number of benzene rings is 1. The van der Waals surface area contributed by atoms with Gasteiger partial charge in [0.25, 0.3) is 0 Å². The topological polar surface area (TPSA) is 45.4 Å². The fourth-order valence-electron chi connectivity index (χ4n) is 3.01. The van der Waals surface area contributed by atoms with E-state index < -0.39 is 11.7 Å². The maximum atomic E-state index is 12.8. The van der Waals surface area contributed by atoms with Gasteiger partial charge in [-0.2, -0.15) is 18.2 Å². The molecule has 3 rings (SSSR count). The van der Waals surface area contributed by atoms with Crippen LogP contribution in [0.5, 0.6) is 0 Å². The molecular weight excluding hydrogens is 345 g/mol. The van der Waals surface area contributed by atoms with E-state index >= 15 is 0 Å². The number of piperazine rings is 1. The van der Waals surface area contributed by atoms with Gasteiger partial charge in [0, 0.05) is 31.7 Å². The molecule has 5 nitrogen and oxygen atoms in total. The maximum absolute atomic E-state index is 12.8. The van der Waals surface area contributed by atoms with Crippen molar-refractivity contribution in [2.45, 2.75) is 32.5 Å². The lowest BCUT2D eigenvalue weighted by atomic mass is 10.1. The van der Waals surface area contributed by atoms with Gasteiger partial charge in [0.05, 0.1) is 12.1 Å². The van der Waals surface area contributed by atoms with E-state index in [9.17, 15) is 13.2 Å². The highest BCUT2D eigenvalue weighted by Crippen LogP contribution is 2.31. The molecule has 142 valence electrons. The highest BCUT2D eigenvalue weighted by molar-refractivity contribution is 5.55. The summed E-state index contributed by atoms with van der Waals surface area (Å²) in [5.41, 5.74) is -0.413. The third-order valence-electron chi connectivity index (χ3n) is 4.57. The summed E-state index contributed by atoms with van der Waals surface area (Å²) < 4.78 is 43.7. The molecule has 0 aliphatic carbocycles. The Morgan fingerprint density at radius 2 is 1.85 bits per heavy atom. The summed E-state index contributed by atoms with van der Waals surface area (Å²) in [6.45, 7) is 7.70. The molecule has 0 unspecified atom stereocenters. The lowest BCUT2D eigenvalue weighted by molar-refractivity contribution is -0.137. The van der Waals surface area contributed by atoms with Crippen LogP contribution in [0.2, 0.25) is 0 Å². The molecule has 0 saturated carbocycles. The molecule has 2 heterocycles. The Balaban J connectivity index is 1.59. The molecule has 0 atom stereocenters. The Morgan fingerprint density at radius 1 is 1.12 bits per heavy atom. The molecule has 1 aromatic heterocycles. The zero-order valence-electron chi connectivity index (χ0n) is 14.8. The maximum Gasteiger partial charge on any atom is 0.416 e. The quantitative estimate of drug-likeness (QED) is 0.778. The van der Waals surface area contributed by atoms with Crippen molar-refractivity contribution in [2.75, 3.05) is 32.7 Å². The van der Waals surface area contributed by atoms with Gasteiger partial charge in [-0.3, -0.25) is 4.90 Å². The third-order valence-corrected chi connectivity index (χ3v) is 4.57. The highest BCUT2D eigenvalue weighted by Gasteiger charge is 2.30. The van der Waals surface area contributed by atoms with Gasteiger partial charge in [-0.25, -0.2) is 0 Å². The molecule has 8 heteroatoms. The number of hydrogen-bond acceptors (Lipinski definition) is 5. The third kappa shape index (κ3) is 4.82. The van der Waals surface area contributed by atoms with Crippen LogP contribution in [0.4, 0.5) is 13.2 Å². The van der Waals surface area contributed by atoms with Crippen molar-refractivity contribution >= 4 is 0 Å². The Hall–Kier alpha value is -1.93. The number of unbranched alkanes of at least 4 members (excludes halogenated alkanes) is 1. The van der Waals surface area contributed by atoms with Crippen LogP contribution in [0, 0.1) is 0 Å². The number of hydrogen-bond donors (Lipinski definition) is 0. The Labute approximate surface area is 150 Å². The Kier molecular flexibility index (Phi) is 5.93. The monoisotopic (exact) mass is 368 g/mol. The van der Waals surface area contributed by atoms with Crippen molar-refractivity contribution in [3.8, 4) is 11.4 Å². The van der Waals surface area contributed by atoms with Crippen LogP contribution in [0.25, 0.3) is 11.4 Å². The van der Waals surface area contributed by atoms with E-state index in [2.05, 4.69) is 26.9 Å². The van der Waals surface area contributed by atoms with E-state index in [1.807, 2.05) is 0 Å². The van der Waals surface area contributed by atoms with Gasteiger partial charge >= 0.3 is 6.18 Å². The molecule has 0 N–H and O–H groups in total. The van der Waals surface area contributed by atoms with Crippen molar-refractivity contribution in [3.63, 3.8) is 0 Å². The predicted octanol–water partition coefficient (Wildman–Crippen LogP) is 3.67. The molecule has 26 heavy (non-hydrogen) atoms. The van der Waals surface area contributed by atoms with Gasteiger partial charge in [-0.05, 0) is 25.1 Å². The number of alkyl halides is 3. The van der Waals surface area contributed by atoms with Gasteiger partial charge in [0.2, 0.25) is 11.7 Å². The van der Waals surface area contributed by atoms with Gasteiger partial charge in [0.15, 0.2) is 0 Å². The van der Waals surface area contributed by atoms with Crippen molar-refractivity contribution in [1.29, 1.82) is 0 Å². The second-order valence-corrected chi connectivity index (χ2v) is 6.56. The number of rotatable bonds is 6. The molecular formula is C18H23F3N4O. The summed E-state index contributed by atoms with van der Waals surface area (Å²) in [6.07, 6.45) is -1.98. The predicted molar refractivity (Wildman–Crippen MR) is 91.4 cm³/mol. The normalized spacial score (nSPS) is 16.9. The van der Waals surface area contributed by atoms with E-state index in [0.29, 0.717) is 18.0 Å². The summed E-state index contributed by atoms with van der Waals surface area (Å²) in [4.78, 5) is 8.94. The Morgan fingerprint density at radius 3 is 2.54 bits per heavy atom. The summed E-state index contributed by atoms with van der Waals surface area (Å²) >= 11 is 0.